The van der Waals surface area contributed by atoms with Crippen molar-refractivity contribution in [2.45, 2.75) is 20.0 Å². The van der Waals surface area contributed by atoms with Crippen molar-refractivity contribution >= 4 is 5.69 Å². The number of anilines is 1. The minimum Gasteiger partial charge on any atom is -0.362 e. The third-order valence-corrected chi connectivity index (χ3v) is 3.10. The van der Waals surface area contributed by atoms with Crippen molar-refractivity contribution in [3.05, 3.63) is 59.4 Å². The van der Waals surface area contributed by atoms with Gasteiger partial charge in [-0.2, -0.15) is 0 Å². The Labute approximate surface area is 95.6 Å². The molecule has 0 unspecified atom stereocenters. The summed E-state index contributed by atoms with van der Waals surface area (Å²) in [6, 6.07) is 12.8. The van der Waals surface area contributed by atoms with E-state index in [0.29, 0.717) is 0 Å². The summed E-state index contributed by atoms with van der Waals surface area (Å²) in [6.45, 7) is 4.02. The van der Waals surface area contributed by atoms with Crippen LogP contribution in [0, 0.1) is 6.92 Å². The Morgan fingerprint density at radius 3 is 2.25 bits per heavy atom. The van der Waals surface area contributed by atoms with Gasteiger partial charge in [-0.3, -0.25) is 4.98 Å². The van der Waals surface area contributed by atoms with Crippen LogP contribution in [0.3, 0.4) is 0 Å². The van der Waals surface area contributed by atoms with Crippen LogP contribution in [0.5, 0.6) is 0 Å². The molecule has 1 aromatic carbocycles. The van der Waals surface area contributed by atoms with Crippen molar-refractivity contribution < 1.29 is 0 Å². The highest BCUT2D eigenvalue weighted by Crippen LogP contribution is 2.27. The standard InChI is InChI=1S/C14H14N2/c1-11-6-7-14(8-15-11)16-9-12-4-2-3-5-13(12)10-16/h2-8H,9-10H2,1H3. The zero-order valence-electron chi connectivity index (χ0n) is 9.35. The molecule has 0 radical (unpaired) electrons. The highest BCUT2D eigenvalue weighted by atomic mass is 15.1. The second-order valence-corrected chi connectivity index (χ2v) is 4.28. The van der Waals surface area contributed by atoms with Gasteiger partial charge in [0.15, 0.2) is 0 Å². The topological polar surface area (TPSA) is 16.1 Å². The number of rotatable bonds is 1. The van der Waals surface area contributed by atoms with Crippen molar-refractivity contribution in [2.75, 3.05) is 4.90 Å². The van der Waals surface area contributed by atoms with E-state index in [0.717, 1.165) is 18.8 Å². The third-order valence-electron chi connectivity index (χ3n) is 3.10. The van der Waals surface area contributed by atoms with Crippen molar-refractivity contribution in [1.82, 2.24) is 4.98 Å². The Hall–Kier alpha value is -1.83. The molecule has 2 heteroatoms. The summed E-state index contributed by atoms with van der Waals surface area (Å²) in [5.41, 5.74) is 5.15. The molecule has 0 spiro atoms. The summed E-state index contributed by atoms with van der Waals surface area (Å²) in [5, 5.41) is 0. The van der Waals surface area contributed by atoms with Gasteiger partial charge in [-0.15, -0.1) is 0 Å². The van der Waals surface area contributed by atoms with E-state index in [9.17, 15) is 0 Å². The Morgan fingerprint density at radius 2 is 1.69 bits per heavy atom. The Balaban J connectivity index is 1.88. The van der Waals surface area contributed by atoms with Crippen molar-refractivity contribution in [3.63, 3.8) is 0 Å². The zero-order chi connectivity index (χ0) is 11.0. The maximum Gasteiger partial charge on any atom is 0.0559 e. The lowest BCUT2D eigenvalue weighted by molar-refractivity contribution is 0.874. The molecule has 2 nitrogen and oxygen atoms in total. The molecule has 0 atom stereocenters. The molecule has 0 amide bonds. The fourth-order valence-electron chi connectivity index (χ4n) is 2.16. The van der Waals surface area contributed by atoms with Gasteiger partial charge in [0.25, 0.3) is 0 Å². The summed E-state index contributed by atoms with van der Waals surface area (Å²) in [6.07, 6.45) is 1.96. The Kier molecular flexibility index (Phi) is 2.13. The number of pyridine rings is 1. The van der Waals surface area contributed by atoms with Gasteiger partial charge >= 0.3 is 0 Å². The van der Waals surface area contributed by atoms with Gasteiger partial charge in [0.05, 0.1) is 11.9 Å². The van der Waals surface area contributed by atoms with Crippen molar-refractivity contribution in [3.8, 4) is 0 Å². The van der Waals surface area contributed by atoms with E-state index in [1.807, 2.05) is 13.1 Å². The van der Waals surface area contributed by atoms with Gasteiger partial charge in [0.2, 0.25) is 0 Å². The minimum absolute atomic E-state index is 1.00. The molecule has 0 N–H and O–H groups in total. The number of hydrogen-bond acceptors (Lipinski definition) is 2. The highest BCUT2D eigenvalue weighted by molar-refractivity contribution is 5.50. The molecule has 0 saturated carbocycles. The lowest BCUT2D eigenvalue weighted by Crippen LogP contribution is -2.14. The monoisotopic (exact) mass is 210 g/mol. The lowest BCUT2D eigenvalue weighted by atomic mass is 10.1. The Bertz CT molecular complexity index is 477. The first kappa shape index (κ1) is 9.40. The number of aryl methyl sites for hydroxylation is 1. The number of benzene rings is 1. The molecule has 80 valence electrons. The second-order valence-electron chi connectivity index (χ2n) is 4.28. The molecule has 1 aromatic heterocycles. The van der Waals surface area contributed by atoms with Crippen LogP contribution in [0.1, 0.15) is 16.8 Å². The average Bonchev–Trinajstić information content (AvgIpc) is 2.73. The molecular formula is C14H14N2. The molecule has 16 heavy (non-hydrogen) atoms. The van der Waals surface area contributed by atoms with E-state index in [1.54, 1.807) is 0 Å². The minimum atomic E-state index is 1.00. The zero-order valence-corrected chi connectivity index (χ0v) is 9.35. The summed E-state index contributed by atoms with van der Waals surface area (Å²) in [7, 11) is 0. The largest absolute Gasteiger partial charge is 0.362 e. The van der Waals surface area contributed by atoms with Crippen LogP contribution in [0.4, 0.5) is 5.69 Å². The Morgan fingerprint density at radius 1 is 1.00 bits per heavy atom. The van der Waals surface area contributed by atoms with E-state index >= 15 is 0 Å². The number of aromatic nitrogens is 1. The SMILES string of the molecule is Cc1ccc(N2Cc3ccccc3C2)cn1. The van der Waals surface area contributed by atoms with Gasteiger partial charge in [-0.1, -0.05) is 24.3 Å². The van der Waals surface area contributed by atoms with E-state index < -0.39 is 0 Å². The highest BCUT2D eigenvalue weighted by Gasteiger charge is 2.18. The molecule has 2 heterocycles. The fraction of sp³-hybridized carbons (Fsp3) is 0.214. The first-order valence-corrected chi connectivity index (χ1v) is 5.57. The van der Waals surface area contributed by atoms with E-state index in [4.69, 9.17) is 0 Å². The fourth-order valence-corrected chi connectivity index (χ4v) is 2.16. The molecule has 0 bridgehead atoms. The van der Waals surface area contributed by atoms with Crippen molar-refractivity contribution in [2.24, 2.45) is 0 Å². The molecule has 1 aliphatic heterocycles. The van der Waals surface area contributed by atoms with Crippen LogP contribution < -0.4 is 4.90 Å². The summed E-state index contributed by atoms with van der Waals surface area (Å²) in [5.74, 6) is 0. The summed E-state index contributed by atoms with van der Waals surface area (Å²) < 4.78 is 0. The van der Waals surface area contributed by atoms with Crippen LogP contribution in [-0.4, -0.2) is 4.98 Å². The predicted molar refractivity (Wildman–Crippen MR) is 65.3 cm³/mol. The van der Waals surface area contributed by atoms with Gasteiger partial charge in [-0.25, -0.2) is 0 Å². The predicted octanol–water partition coefficient (Wildman–Crippen LogP) is 2.91. The average molecular weight is 210 g/mol. The molecule has 1 aliphatic rings. The van der Waals surface area contributed by atoms with E-state index in [1.165, 1.54) is 16.8 Å². The lowest BCUT2D eigenvalue weighted by Gasteiger charge is -2.17. The first-order valence-electron chi connectivity index (χ1n) is 5.57. The first-order chi connectivity index (χ1) is 7.83. The molecular weight excluding hydrogens is 196 g/mol. The van der Waals surface area contributed by atoms with Crippen molar-refractivity contribution in [1.29, 1.82) is 0 Å². The van der Waals surface area contributed by atoms with Crippen LogP contribution >= 0.6 is 0 Å². The third kappa shape index (κ3) is 1.56. The smallest absolute Gasteiger partial charge is 0.0559 e. The molecule has 2 aromatic rings. The molecule has 0 aliphatic carbocycles. The quantitative estimate of drug-likeness (QED) is 0.719. The number of nitrogens with zero attached hydrogens (tertiary/aromatic N) is 2. The van der Waals surface area contributed by atoms with Crippen LogP contribution in [0.25, 0.3) is 0 Å². The van der Waals surface area contributed by atoms with Gasteiger partial charge < -0.3 is 4.90 Å². The molecule has 3 rings (SSSR count). The summed E-state index contributed by atoms with van der Waals surface area (Å²) >= 11 is 0. The maximum absolute atomic E-state index is 4.34. The van der Waals surface area contributed by atoms with Crippen LogP contribution in [0.15, 0.2) is 42.6 Å². The normalized spacial score (nSPS) is 13.9. The van der Waals surface area contributed by atoms with Crippen LogP contribution in [0.2, 0.25) is 0 Å². The molecule has 0 fully saturated rings. The maximum atomic E-state index is 4.34. The second kappa shape index (κ2) is 3.63. The van der Waals surface area contributed by atoms with Crippen LogP contribution in [-0.2, 0) is 13.1 Å². The number of fused-ring (bicyclic) bond motifs is 1. The molecule has 0 saturated heterocycles. The van der Waals surface area contributed by atoms with E-state index in [-0.39, 0.29) is 0 Å². The number of hydrogen-bond donors (Lipinski definition) is 0. The summed E-state index contributed by atoms with van der Waals surface area (Å²) in [4.78, 5) is 6.70. The van der Waals surface area contributed by atoms with Gasteiger partial charge in [0, 0.05) is 18.8 Å². The van der Waals surface area contributed by atoms with Gasteiger partial charge in [-0.05, 0) is 30.2 Å². The van der Waals surface area contributed by atoms with Gasteiger partial charge in [0.1, 0.15) is 0 Å². The van der Waals surface area contributed by atoms with E-state index in [2.05, 4.69) is 46.3 Å².